The minimum absolute atomic E-state index is 0.249. The highest BCUT2D eigenvalue weighted by Gasteiger charge is 2.14. The van der Waals surface area contributed by atoms with Crippen LogP contribution in [-0.2, 0) is 0 Å². The summed E-state index contributed by atoms with van der Waals surface area (Å²) in [7, 11) is 0. The molecular formula is C13H6Cl4O. The molecule has 0 saturated heterocycles. The van der Waals surface area contributed by atoms with Crippen molar-refractivity contribution in [2.75, 3.05) is 0 Å². The number of rotatable bonds is 2. The topological polar surface area (TPSA) is 17.1 Å². The highest BCUT2D eigenvalue weighted by Crippen LogP contribution is 2.26. The average Bonchev–Trinajstić information content (AvgIpc) is 2.26. The van der Waals surface area contributed by atoms with Crippen LogP contribution in [0.2, 0.25) is 20.1 Å². The minimum Gasteiger partial charge on any atom is -0.289 e. The number of hydrogen-bond donors (Lipinski definition) is 0. The lowest BCUT2D eigenvalue weighted by molar-refractivity contribution is 0.103. The molecule has 2 rings (SSSR count). The zero-order valence-corrected chi connectivity index (χ0v) is 11.9. The Hall–Kier alpha value is -0.730. The summed E-state index contributed by atoms with van der Waals surface area (Å²) in [6.45, 7) is 0. The monoisotopic (exact) mass is 318 g/mol. The van der Waals surface area contributed by atoms with Gasteiger partial charge in [-0.05, 0) is 36.4 Å². The summed E-state index contributed by atoms with van der Waals surface area (Å²) in [6, 6.07) is 9.34. The summed E-state index contributed by atoms with van der Waals surface area (Å²) in [5.41, 5.74) is 0.746. The molecule has 5 heteroatoms. The van der Waals surface area contributed by atoms with Gasteiger partial charge in [-0.3, -0.25) is 4.79 Å². The number of carbonyl (C=O) groups is 1. The SMILES string of the molecule is O=C(c1cc(Cl)cc(Cl)c1)c1ccc(Cl)cc1Cl. The van der Waals surface area contributed by atoms with Crippen LogP contribution in [-0.4, -0.2) is 5.78 Å². The molecule has 0 aromatic heterocycles. The predicted molar refractivity (Wildman–Crippen MR) is 76.4 cm³/mol. The first kappa shape index (κ1) is 13.7. The van der Waals surface area contributed by atoms with Crippen molar-refractivity contribution in [3.05, 3.63) is 67.6 Å². The van der Waals surface area contributed by atoms with Gasteiger partial charge >= 0.3 is 0 Å². The third-order valence-electron chi connectivity index (χ3n) is 2.30. The second kappa shape index (κ2) is 5.50. The zero-order valence-electron chi connectivity index (χ0n) is 8.88. The number of ketones is 1. The van der Waals surface area contributed by atoms with Crippen LogP contribution in [0.4, 0.5) is 0 Å². The van der Waals surface area contributed by atoms with Crippen LogP contribution in [0.25, 0.3) is 0 Å². The van der Waals surface area contributed by atoms with Gasteiger partial charge in [0.1, 0.15) is 0 Å². The maximum atomic E-state index is 12.2. The van der Waals surface area contributed by atoms with E-state index in [1.165, 1.54) is 6.07 Å². The molecule has 18 heavy (non-hydrogen) atoms. The predicted octanol–water partition coefficient (Wildman–Crippen LogP) is 5.53. The number of halogens is 4. The van der Waals surface area contributed by atoms with Crippen molar-refractivity contribution >= 4 is 52.2 Å². The Labute approximate surface area is 124 Å². The summed E-state index contributed by atoms with van der Waals surface area (Å²) < 4.78 is 0. The smallest absolute Gasteiger partial charge is 0.194 e. The van der Waals surface area contributed by atoms with E-state index >= 15 is 0 Å². The molecule has 0 atom stereocenters. The fraction of sp³-hybridized carbons (Fsp3) is 0. The first-order chi connectivity index (χ1) is 8.47. The molecule has 0 spiro atoms. The van der Waals surface area contributed by atoms with Gasteiger partial charge in [-0.1, -0.05) is 46.4 Å². The highest BCUT2D eigenvalue weighted by atomic mass is 35.5. The summed E-state index contributed by atoms with van der Waals surface area (Å²) in [4.78, 5) is 12.2. The third kappa shape index (κ3) is 2.99. The third-order valence-corrected chi connectivity index (χ3v) is 3.28. The van der Waals surface area contributed by atoms with Crippen LogP contribution in [0.15, 0.2) is 36.4 Å². The standard InChI is InChI=1S/C13H6Cl4O/c14-8-1-2-11(12(17)6-8)13(18)7-3-9(15)5-10(16)4-7/h1-6H. The molecule has 2 aromatic rings. The number of hydrogen-bond acceptors (Lipinski definition) is 1. The lowest BCUT2D eigenvalue weighted by Gasteiger charge is -2.05. The molecule has 0 aliphatic rings. The van der Waals surface area contributed by atoms with Gasteiger partial charge in [-0.15, -0.1) is 0 Å². The van der Waals surface area contributed by atoms with Gasteiger partial charge in [0.25, 0.3) is 0 Å². The van der Waals surface area contributed by atoms with Gasteiger partial charge in [-0.2, -0.15) is 0 Å². The van der Waals surface area contributed by atoms with Gasteiger partial charge in [0.15, 0.2) is 5.78 Å². The molecular weight excluding hydrogens is 314 g/mol. The van der Waals surface area contributed by atoms with E-state index in [-0.39, 0.29) is 5.78 Å². The normalized spacial score (nSPS) is 10.4. The van der Waals surface area contributed by atoms with E-state index < -0.39 is 0 Å². The summed E-state index contributed by atoms with van der Waals surface area (Å²) in [6.07, 6.45) is 0. The molecule has 0 amide bonds. The van der Waals surface area contributed by atoms with Crippen molar-refractivity contribution in [2.24, 2.45) is 0 Å². The Morgan fingerprint density at radius 2 is 1.39 bits per heavy atom. The number of carbonyl (C=O) groups excluding carboxylic acids is 1. The fourth-order valence-electron chi connectivity index (χ4n) is 1.51. The fourth-order valence-corrected chi connectivity index (χ4v) is 2.53. The average molecular weight is 320 g/mol. The Kier molecular flexibility index (Phi) is 4.18. The van der Waals surface area contributed by atoms with Gasteiger partial charge in [-0.25, -0.2) is 0 Å². The second-order valence-corrected chi connectivity index (χ2v) is 5.33. The number of benzene rings is 2. The lowest BCUT2D eigenvalue weighted by atomic mass is 10.0. The summed E-state index contributed by atoms with van der Waals surface area (Å²) in [5, 5.41) is 1.57. The molecule has 0 aliphatic carbocycles. The van der Waals surface area contributed by atoms with E-state index in [0.29, 0.717) is 31.2 Å². The molecule has 0 aliphatic heterocycles. The lowest BCUT2D eigenvalue weighted by Crippen LogP contribution is -2.02. The molecule has 0 fully saturated rings. The van der Waals surface area contributed by atoms with E-state index in [2.05, 4.69) is 0 Å². The maximum Gasteiger partial charge on any atom is 0.194 e. The van der Waals surface area contributed by atoms with Crippen molar-refractivity contribution < 1.29 is 4.79 Å². The summed E-state index contributed by atoms with van der Waals surface area (Å²) in [5.74, 6) is -0.249. The zero-order chi connectivity index (χ0) is 13.3. The molecule has 1 nitrogen and oxygen atoms in total. The van der Waals surface area contributed by atoms with Gasteiger partial charge in [0.2, 0.25) is 0 Å². The second-order valence-electron chi connectivity index (χ2n) is 3.61. The van der Waals surface area contributed by atoms with Crippen LogP contribution in [0.1, 0.15) is 15.9 Å². The Bertz CT molecular complexity index is 602. The van der Waals surface area contributed by atoms with Crippen molar-refractivity contribution in [3.63, 3.8) is 0 Å². The molecule has 92 valence electrons. The van der Waals surface area contributed by atoms with Crippen LogP contribution < -0.4 is 0 Å². The van der Waals surface area contributed by atoms with Gasteiger partial charge < -0.3 is 0 Å². The Morgan fingerprint density at radius 1 is 0.778 bits per heavy atom. The Balaban J connectivity index is 2.47. The molecule has 0 unspecified atom stereocenters. The molecule has 0 N–H and O–H groups in total. The van der Waals surface area contributed by atoms with Gasteiger partial charge in [0, 0.05) is 26.2 Å². The van der Waals surface area contributed by atoms with Crippen LogP contribution >= 0.6 is 46.4 Å². The quantitative estimate of drug-likeness (QED) is 0.665. The minimum atomic E-state index is -0.249. The molecule has 0 heterocycles. The van der Waals surface area contributed by atoms with Crippen LogP contribution in [0.3, 0.4) is 0 Å². The van der Waals surface area contributed by atoms with E-state index in [9.17, 15) is 4.79 Å². The largest absolute Gasteiger partial charge is 0.289 e. The molecule has 0 saturated carbocycles. The first-order valence-electron chi connectivity index (χ1n) is 4.93. The van der Waals surface area contributed by atoms with Crippen molar-refractivity contribution in [3.8, 4) is 0 Å². The van der Waals surface area contributed by atoms with Crippen molar-refractivity contribution in [2.45, 2.75) is 0 Å². The molecule has 0 bridgehead atoms. The van der Waals surface area contributed by atoms with E-state index in [4.69, 9.17) is 46.4 Å². The Morgan fingerprint density at radius 3 is 1.94 bits per heavy atom. The highest BCUT2D eigenvalue weighted by molar-refractivity contribution is 6.38. The first-order valence-corrected chi connectivity index (χ1v) is 6.44. The van der Waals surface area contributed by atoms with Crippen LogP contribution in [0.5, 0.6) is 0 Å². The molecule has 2 aromatic carbocycles. The molecule has 0 radical (unpaired) electrons. The summed E-state index contributed by atoms with van der Waals surface area (Å²) >= 11 is 23.5. The van der Waals surface area contributed by atoms with Crippen molar-refractivity contribution in [1.29, 1.82) is 0 Å². The van der Waals surface area contributed by atoms with Crippen LogP contribution in [0, 0.1) is 0 Å². The van der Waals surface area contributed by atoms with E-state index in [0.717, 1.165) is 0 Å². The maximum absolute atomic E-state index is 12.2. The van der Waals surface area contributed by atoms with E-state index in [1.54, 1.807) is 30.3 Å². The van der Waals surface area contributed by atoms with E-state index in [1.807, 2.05) is 0 Å². The van der Waals surface area contributed by atoms with Gasteiger partial charge in [0.05, 0.1) is 5.02 Å². The van der Waals surface area contributed by atoms with Crippen molar-refractivity contribution in [1.82, 2.24) is 0 Å².